The van der Waals surface area contributed by atoms with E-state index in [1.165, 1.54) is 6.26 Å². The lowest BCUT2D eigenvalue weighted by atomic mass is 10.1. The fourth-order valence-corrected chi connectivity index (χ4v) is 3.02. The van der Waals surface area contributed by atoms with E-state index in [1.807, 2.05) is 25.1 Å². The lowest BCUT2D eigenvalue weighted by Crippen LogP contribution is -2.31. The summed E-state index contributed by atoms with van der Waals surface area (Å²) in [5.74, 6) is -0.229. The standard InChI is InChI=1S/C21H20ClNO5/c1-13(14-4-3-5-16(22)8-14)23-20(24)12-28-21(25)9-15-11-27-19-10-17(26-2)6-7-18(15)19/h3-8,10-11,13H,9,12H2,1-2H3,(H,23,24)/t13-/m1/s1. The molecule has 0 unspecified atom stereocenters. The van der Waals surface area contributed by atoms with Crippen LogP contribution in [0.1, 0.15) is 24.1 Å². The first-order valence-electron chi connectivity index (χ1n) is 8.71. The molecule has 0 saturated carbocycles. The Kier molecular flexibility index (Phi) is 6.21. The van der Waals surface area contributed by atoms with Crippen molar-refractivity contribution in [1.82, 2.24) is 5.32 Å². The highest BCUT2D eigenvalue weighted by Gasteiger charge is 2.15. The number of amides is 1. The van der Waals surface area contributed by atoms with Crippen LogP contribution in [0.2, 0.25) is 5.02 Å². The van der Waals surface area contributed by atoms with Crippen LogP contribution in [0.15, 0.2) is 53.1 Å². The molecule has 146 valence electrons. The first-order chi connectivity index (χ1) is 13.5. The van der Waals surface area contributed by atoms with Crippen LogP contribution >= 0.6 is 11.6 Å². The summed E-state index contributed by atoms with van der Waals surface area (Å²) in [6, 6.07) is 12.3. The van der Waals surface area contributed by atoms with E-state index >= 15 is 0 Å². The number of furan rings is 1. The fourth-order valence-electron chi connectivity index (χ4n) is 2.82. The topological polar surface area (TPSA) is 77.8 Å². The smallest absolute Gasteiger partial charge is 0.310 e. The number of carbonyl (C=O) groups is 2. The SMILES string of the molecule is COc1ccc2c(CC(=O)OCC(=O)N[C@H](C)c3cccc(Cl)c3)coc2c1. The Hall–Kier alpha value is -2.99. The van der Waals surface area contributed by atoms with Crippen molar-refractivity contribution in [2.75, 3.05) is 13.7 Å². The Balaban J connectivity index is 1.52. The van der Waals surface area contributed by atoms with Crippen LogP contribution in [0, 0.1) is 0 Å². The zero-order chi connectivity index (χ0) is 20.1. The van der Waals surface area contributed by atoms with Crippen LogP contribution in [-0.2, 0) is 20.7 Å². The van der Waals surface area contributed by atoms with E-state index in [0.717, 1.165) is 10.9 Å². The van der Waals surface area contributed by atoms with Crippen molar-refractivity contribution in [2.24, 2.45) is 0 Å². The predicted octanol–water partition coefficient (Wildman–Crippen LogP) is 4.06. The maximum atomic E-state index is 12.1. The second-order valence-corrected chi connectivity index (χ2v) is 6.74. The second-order valence-electron chi connectivity index (χ2n) is 6.30. The van der Waals surface area contributed by atoms with Crippen molar-refractivity contribution < 1.29 is 23.5 Å². The van der Waals surface area contributed by atoms with Gasteiger partial charge in [-0.1, -0.05) is 23.7 Å². The number of benzene rings is 2. The Labute approximate surface area is 167 Å². The van der Waals surface area contributed by atoms with Crippen molar-refractivity contribution in [2.45, 2.75) is 19.4 Å². The molecule has 0 aliphatic rings. The Bertz CT molecular complexity index is 997. The molecule has 1 atom stereocenters. The molecule has 0 fully saturated rings. The van der Waals surface area contributed by atoms with Gasteiger partial charge in [0.1, 0.15) is 11.3 Å². The average Bonchev–Trinajstić information content (AvgIpc) is 3.08. The van der Waals surface area contributed by atoms with E-state index < -0.39 is 5.97 Å². The van der Waals surface area contributed by atoms with Gasteiger partial charge in [0.25, 0.3) is 5.91 Å². The lowest BCUT2D eigenvalue weighted by molar-refractivity contribution is -0.148. The third-order valence-corrected chi connectivity index (χ3v) is 4.52. The molecule has 0 aliphatic heterocycles. The van der Waals surface area contributed by atoms with E-state index in [2.05, 4.69) is 5.32 Å². The van der Waals surface area contributed by atoms with E-state index in [-0.39, 0.29) is 25.0 Å². The highest BCUT2D eigenvalue weighted by Crippen LogP contribution is 2.26. The molecular weight excluding hydrogens is 382 g/mol. The lowest BCUT2D eigenvalue weighted by Gasteiger charge is -2.14. The Morgan fingerprint density at radius 1 is 1.21 bits per heavy atom. The molecule has 2 aromatic carbocycles. The summed E-state index contributed by atoms with van der Waals surface area (Å²) < 4.78 is 15.7. The summed E-state index contributed by atoms with van der Waals surface area (Å²) in [5, 5.41) is 4.17. The molecule has 0 saturated heterocycles. The quantitative estimate of drug-likeness (QED) is 0.604. The highest BCUT2D eigenvalue weighted by molar-refractivity contribution is 6.30. The number of halogens is 1. The van der Waals surface area contributed by atoms with Gasteiger partial charge >= 0.3 is 5.97 Å². The van der Waals surface area contributed by atoms with Crippen LogP contribution in [0.25, 0.3) is 11.0 Å². The number of hydrogen-bond donors (Lipinski definition) is 1. The van der Waals surface area contributed by atoms with Gasteiger partial charge in [-0.25, -0.2) is 0 Å². The summed E-state index contributed by atoms with van der Waals surface area (Å²) in [6.45, 7) is 1.48. The predicted molar refractivity (Wildman–Crippen MR) is 105 cm³/mol. The molecular formula is C21H20ClNO5. The van der Waals surface area contributed by atoms with Crippen LogP contribution < -0.4 is 10.1 Å². The zero-order valence-electron chi connectivity index (χ0n) is 15.5. The molecule has 28 heavy (non-hydrogen) atoms. The van der Waals surface area contributed by atoms with E-state index in [0.29, 0.717) is 21.9 Å². The summed E-state index contributed by atoms with van der Waals surface area (Å²) in [7, 11) is 1.57. The number of ether oxygens (including phenoxy) is 2. The first-order valence-corrected chi connectivity index (χ1v) is 9.08. The van der Waals surface area contributed by atoms with Gasteiger partial charge in [0.05, 0.1) is 25.8 Å². The van der Waals surface area contributed by atoms with Crippen molar-refractivity contribution in [3.63, 3.8) is 0 Å². The van der Waals surface area contributed by atoms with Crippen LogP contribution in [-0.4, -0.2) is 25.6 Å². The summed E-state index contributed by atoms with van der Waals surface area (Å²) in [5.41, 5.74) is 2.18. The van der Waals surface area contributed by atoms with Crippen molar-refractivity contribution in [3.05, 3.63) is 64.9 Å². The van der Waals surface area contributed by atoms with Crippen molar-refractivity contribution in [1.29, 1.82) is 0 Å². The number of rotatable bonds is 7. The van der Waals surface area contributed by atoms with Crippen molar-refractivity contribution in [3.8, 4) is 5.75 Å². The van der Waals surface area contributed by atoms with E-state index in [1.54, 1.807) is 31.4 Å². The molecule has 0 bridgehead atoms. The average molecular weight is 402 g/mol. The maximum absolute atomic E-state index is 12.1. The van der Waals surface area contributed by atoms with Crippen LogP contribution in [0.5, 0.6) is 5.75 Å². The molecule has 1 N–H and O–H groups in total. The number of nitrogens with one attached hydrogen (secondary N) is 1. The molecule has 3 rings (SSSR count). The molecule has 6 nitrogen and oxygen atoms in total. The monoisotopic (exact) mass is 401 g/mol. The number of methoxy groups -OCH3 is 1. The zero-order valence-corrected chi connectivity index (χ0v) is 16.3. The van der Waals surface area contributed by atoms with Gasteiger partial charge in [0.15, 0.2) is 6.61 Å². The maximum Gasteiger partial charge on any atom is 0.310 e. The number of esters is 1. The van der Waals surface area contributed by atoms with Gasteiger partial charge in [0, 0.05) is 22.0 Å². The first kappa shape index (κ1) is 19.8. The molecule has 1 aromatic heterocycles. The van der Waals surface area contributed by atoms with E-state index in [4.69, 9.17) is 25.5 Å². The van der Waals surface area contributed by atoms with Gasteiger partial charge in [-0.05, 0) is 36.8 Å². The molecule has 1 amide bonds. The number of fused-ring (bicyclic) bond motifs is 1. The molecule has 7 heteroatoms. The third kappa shape index (κ3) is 4.84. The Morgan fingerprint density at radius 3 is 2.79 bits per heavy atom. The Morgan fingerprint density at radius 2 is 2.04 bits per heavy atom. The van der Waals surface area contributed by atoms with E-state index in [9.17, 15) is 9.59 Å². The van der Waals surface area contributed by atoms with Gasteiger partial charge < -0.3 is 19.2 Å². The minimum atomic E-state index is -0.510. The minimum Gasteiger partial charge on any atom is -0.497 e. The summed E-state index contributed by atoms with van der Waals surface area (Å²) in [6.07, 6.45) is 1.52. The highest BCUT2D eigenvalue weighted by atomic mass is 35.5. The number of carbonyl (C=O) groups excluding carboxylic acids is 2. The summed E-state index contributed by atoms with van der Waals surface area (Å²) >= 11 is 5.96. The molecule has 0 aliphatic carbocycles. The summed E-state index contributed by atoms with van der Waals surface area (Å²) in [4.78, 5) is 24.1. The van der Waals surface area contributed by atoms with Gasteiger partial charge in [-0.3, -0.25) is 9.59 Å². The van der Waals surface area contributed by atoms with Crippen LogP contribution in [0.3, 0.4) is 0 Å². The van der Waals surface area contributed by atoms with Gasteiger partial charge in [-0.15, -0.1) is 0 Å². The molecule has 0 spiro atoms. The van der Waals surface area contributed by atoms with Gasteiger partial charge in [-0.2, -0.15) is 0 Å². The molecule has 0 radical (unpaired) electrons. The minimum absolute atomic E-state index is 0.0104. The fraction of sp³-hybridized carbons (Fsp3) is 0.238. The molecule has 1 heterocycles. The second kappa shape index (κ2) is 8.80. The normalized spacial score (nSPS) is 11.8. The largest absolute Gasteiger partial charge is 0.497 e. The van der Waals surface area contributed by atoms with Crippen LogP contribution in [0.4, 0.5) is 0 Å². The third-order valence-electron chi connectivity index (χ3n) is 4.29. The molecule has 3 aromatic rings. The van der Waals surface area contributed by atoms with Gasteiger partial charge in [0.2, 0.25) is 0 Å². The number of hydrogen-bond acceptors (Lipinski definition) is 5. The van der Waals surface area contributed by atoms with Crippen molar-refractivity contribution >= 4 is 34.4 Å².